The Hall–Kier alpha value is -0.890. The van der Waals surface area contributed by atoms with Gasteiger partial charge in [-0.1, -0.05) is 6.07 Å². The highest BCUT2D eigenvalue weighted by Crippen LogP contribution is 1.93. The molecule has 0 unspecified atom stereocenters. The van der Waals surface area contributed by atoms with E-state index in [1.165, 1.54) is 0 Å². The molecule has 0 atom stereocenters. The van der Waals surface area contributed by atoms with Crippen molar-refractivity contribution in [2.24, 2.45) is 4.99 Å². The summed E-state index contributed by atoms with van der Waals surface area (Å²) in [6, 6.07) is 5.97. The number of nitrogens with zero attached hydrogens (tertiary/aromatic N) is 2. The first kappa shape index (κ1) is 20.1. The largest absolute Gasteiger partial charge is 0.382 e. The third-order valence-electron chi connectivity index (χ3n) is 2.84. The number of ether oxygens (including phenoxy) is 1. The van der Waals surface area contributed by atoms with Crippen molar-refractivity contribution in [2.75, 3.05) is 33.4 Å². The van der Waals surface area contributed by atoms with Crippen molar-refractivity contribution in [3.8, 4) is 0 Å². The zero-order valence-electron chi connectivity index (χ0n) is 13.0. The quantitative estimate of drug-likeness (QED) is 0.286. The molecule has 120 valence electrons. The third-order valence-corrected chi connectivity index (χ3v) is 2.84. The molecule has 0 saturated heterocycles. The van der Waals surface area contributed by atoms with Gasteiger partial charge >= 0.3 is 0 Å². The van der Waals surface area contributed by atoms with E-state index < -0.39 is 0 Å². The Morgan fingerprint density at radius 2 is 2.05 bits per heavy atom. The minimum atomic E-state index is 0. The summed E-state index contributed by atoms with van der Waals surface area (Å²) in [5, 5.41) is 6.58. The summed E-state index contributed by atoms with van der Waals surface area (Å²) >= 11 is 0. The first-order chi connectivity index (χ1) is 9.86. The highest BCUT2D eigenvalue weighted by atomic mass is 127. The number of guanidine groups is 1. The van der Waals surface area contributed by atoms with Gasteiger partial charge in [0, 0.05) is 51.7 Å². The van der Waals surface area contributed by atoms with Crippen molar-refractivity contribution in [3.63, 3.8) is 0 Å². The molecule has 2 N–H and O–H groups in total. The molecule has 1 rings (SSSR count). The average Bonchev–Trinajstić information content (AvgIpc) is 2.50. The van der Waals surface area contributed by atoms with Crippen LogP contribution in [-0.4, -0.2) is 44.3 Å². The summed E-state index contributed by atoms with van der Waals surface area (Å²) in [6.45, 7) is 5.39. The SMILES string of the molecule is CCOCCCCNC(=NC)NCCc1ccccn1.I. The van der Waals surface area contributed by atoms with Gasteiger partial charge in [0.15, 0.2) is 5.96 Å². The summed E-state index contributed by atoms with van der Waals surface area (Å²) in [5.74, 6) is 0.845. The van der Waals surface area contributed by atoms with Gasteiger partial charge in [0.2, 0.25) is 0 Å². The molecule has 21 heavy (non-hydrogen) atoms. The minimum Gasteiger partial charge on any atom is -0.382 e. The van der Waals surface area contributed by atoms with Crippen molar-refractivity contribution in [1.29, 1.82) is 0 Å². The molecule has 1 aromatic rings. The first-order valence-corrected chi connectivity index (χ1v) is 7.29. The Bertz CT molecular complexity index is 373. The van der Waals surface area contributed by atoms with Gasteiger partial charge in [-0.2, -0.15) is 0 Å². The van der Waals surface area contributed by atoms with E-state index in [-0.39, 0.29) is 24.0 Å². The van der Waals surface area contributed by atoms with Crippen LogP contribution in [0.25, 0.3) is 0 Å². The van der Waals surface area contributed by atoms with E-state index >= 15 is 0 Å². The summed E-state index contributed by atoms with van der Waals surface area (Å²) < 4.78 is 5.30. The number of aromatic nitrogens is 1. The maximum atomic E-state index is 5.30. The molecule has 0 radical (unpaired) electrons. The van der Waals surface area contributed by atoms with Gasteiger partial charge < -0.3 is 15.4 Å². The lowest BCUT2D eigenvalue weighted by molar-refractivity contribution is 0.143. The Morgan fingerprint density at radius 1 is 1.24 bits per heavy atom. The van der Waals surface area contributed by atoms with Crippen LogP contribution in [0.15, 0.2) is 29.4 Å². The van der Waals surface area contributed by atoms with Crippen molar-refractivity contribution >= 4 is 29.9 Å². The lowest BCUT2D eigenvalue weighted by Gasteiger charge is -2.11. The Labute approximate surface area is 145 Å². The van der Waals surface area contributed by atoms with E-state index in [0.717, 1.165) is 57.2 Å². The number of nitrogens with one attached hydrogen (secondary N) is 2. The van der Waals surface area contributed by atoms with Crippen LogP contribution in [0.3, 0.4) is 0 Å². The van der Waals surface area contributed by atoms with Crippen molar-refractivity contribution in [1.82, 2.24) is 15.6 Å². The molecular weight excluding hydrogens is 379 g/mol. The van der Waals surface area contributed by atoms with E-state index in [9.17, 15) is 0 Å². The molecule has 0 aliphatic heterocycles. The predicted molar refractivity (Wildman–Crippen MR) is 98.4 cm³/mol. The molecule has 0 aliphatic rings. The standard InChI is InChI=1S/C15H26N4O.HI/c1-3-20-13-7-6-11-18-15(16-2)19-12-9-14-8-4-5-10-17-14;/h4-5,8,10H,3,6-7,9,11-13H2,1-2H3,(H2,16,18,19);1H. The van der Waals surface area contributed by atoms with Gasteiger partial charge in [-0.25, -0.2) is 0 Å². The second-order valence-corrected chi connectivity index (χ2v) is 4.40. The molecule has 5 nitrogen and oxygen atoms in total. The van der Waals surface area contributed by atoms with Crippen molar-refractivity contribution in [3.05, 3.63) is 30.1 Å². The highest BCUT2D eigenvalue weighted by Gasteiger charge is 1.98. The molecule has 0 aliphatic carbocycles. The van der Waals surface area contributed by atoms with Gasteiger partial charge in [-0.05, 0) is 31.9 Å². The zero-order valence-corrected chi connectivity index (χ0v) is 15.3. The van der Waals surface area contributed by atoms with E-state index in [0.29, 0.717) is 0 Å². The third kappa shape index (κ3) is 10.5. The van der Waals surface area contributed by atoms with Gasteiger partial charge in [-0.15, -0.1) is 24.0 Å². The van der Waals surface area contributed by atoms with Crippen LogP contribution >= 0.6 is 24.0 Å². The summed E-state index contributed by atoms with van der Waals surface area (Å²) in [4.78, 5) is 8.49. The molecule has 0 saturated carbocycles. The molecule has 6 heteroatoms. The van der Waals surface area contributed by atoms with Crippen LogP contribution in [0.5, 0.6) is 0 Å². The van der Waals surface area contributed by atoms with Crippen LogP contribution < -0.4 is 10.6 Å². The summed E-state index contributed by atoms with van der Waals surface area (Å²) in [6.07, 6.45) is 4.87. The Morgan fingerprint density at radius 3 is 2.71 bits per heavy atom. The number of halogens is 1. The molecular formula is C15H27IN4O. The normalized spacial score (nSPS) is 10.9. The van der Waals surface area contributed by atoms with Gasteiger partial charge in [-0.3, -0.25) is 9.98 Å². The minimum absolute atomic E-state index is 0. The topological polar surface area (TPSA) is 58.5 Å². The predicted octanol–water partition coefficient (Wildman–Crippen LogP) is 2.22. The average molecular weight is 406 g/mol. The zero-order chi connectivity index (χ0) is 14.5. The molecule has 0 aromatic carbocycles. The summed E-state index contributed by atoms with van der Waals surface area (Å²) in [5.41, 5.74) is 1.09. The fourth-order valence-electron chi connectivity index (χ4n) is 1.76. The van der Waals surface area contributed by atoms with Gasteiger partial charge in [0.25, 0.3) is 0 Å². The second-order valence-electron chi connectivity index (χ2n) is 4.40. The fourth-order valence-corrected chi connectivity index (χ4v) is 1.76. The van der Waals surface area contributed by atoms with Crippen LogP contribution in [0.1, 0.15) is 25.5 Å². The lowest BCUT2D eigenvalue weighted by atomic mass is 10.3. The molecule has 0 fully saturated rings. The number of rotatable bonds is 9. The van der Waals surface area contributed by atoms with E-state index in [1.807, 2.05) is 31.3 Å². The van der Waals surface area contributed by atoms with E-state index in [2.05, 4.69) is 20.6 Å². The van der Waals surface area contributed by atoms with Crippen LogP contribution in [0, 0.1) is 0 Å². The van der Waals surface area contributed by atoms with Crippen molar-refractivity contribution in [2.45, 2.75) is 26.2 Å². The Balaban J connectivity index is 0.00000400. The number of hydrogen-bond acceptors (Lipinski definition) is 3. The molecule has 1 aromatic heterocycles. The molecule has 0 bridgehead atoms. The molecule has 0 spiro atoms. The second kappa shape index (κ2) is 14.1. The maximum Gasteiger partial charge on any atom is 0.190 e. The van der Waals surface area contributed by atoms with E-state index in [1.54, 1.807) is 7.05 Å². The fraction of sp³-hybridized carbons (Fsp3) is 0.600. The van der Waals surface area contributed by atoms with Gasteiger partial charge in [0.1, 0.15) is 0 Å². The van der Waals surface area contributed by atoms with Crippen molar-refractivity contribution < 1.29 is 4.74 Å². The molecule has 1 heterocycles. The number of unbranched alkanes of at least 4 members (excludes halogenated alkanes) is 1. The van der Waals surface area contributed by atoms with Crippen LogP contribution in [0.4, 0.5) is 0 Å². The first-order valence-electron chi connectivity index (χ1n) is 7.29. The molecule has 0 amide bonds. The number of aliphatic imine (C=N–C) groups is 1. The van der Waals surface area contributed by atoms with Crippen LogP contribution in [0.2, 0.25) is 0 Å². The number of pyridine rings is 1. The Kier molecular flexibility index (Phi) is 13.5. The highest BCUT2D eigenvalue weighted by molar-refractivity contribution is 14.0. The smallest absolute Gasteiger partial charge is 0.190 e. The van der Waals surface area contributed by atoms with Crippen LogP contribution in [-0.2, 0) is 11.2 Å². The summed E-state index contributed by atoms with van der Waals surface area (Å²) in [7, 11) is 1.79. The lowest BCUT2D eigenvalue weighted by Crippen LogP contribution is -2.38. The maximum absolute atomic E-state index is 5.30. The monoisotopic (exact) mass is 406 g/mol. The van der Waals surface area contributed by atoms with E-state index in [4.69, 9.17) is 4.74 Å². The van der Waals surface area contributed by atoms with Gasteiger partial charge in [0.05, 0.1) is 0 Å². The number of hydrogen-bond donors (Lipinski definition) is 2.